The summed E-state index contributed by atoms with van der Waals surface area (Å²) in [6.45, 7) is 1.79. The zero-order valence-corrected chi connectivity index (χ0v) is 10.0. The fourth-order valence-corrected chi connectivity index (χ4v) is 1.84. The predicted molar refractivity (Wildman–Crippen MR) is 64.8 cm³/mol. The number of carbonyl (C=O) groups excluding carboxylic acids is 1. The van der Waals surface area contributed by atoms with Crippen LogP contribution in [0, 0.1) is 6.92 Å². The summed E-state index contributed by atoms with van der Waals surface area (Å²) in [4.78, 5) is 14.6. The van der Waals surface area contributed by atoms with Crippen molar-refractivity contribution in [3.05, 3.63) is 53.3 Å². The second kappa shape index (κ2) is 4.84. The zero-order chi connectivity index (χ0) is 14.0. The minimum Gasteiger partial charge on any atom is -0.298 e. The number of alkyl halides is 3. The van der Waals surface area contributed by atoms with Crippen molar-refractivity contribution in [1.82, 2.24) is 4.98 Å². The average molecular weight is 265 g/mol. The number of benzene rings is 1. The molecule has 1 heterocycles. The molecule has 0 fully saturated rings. The van der Waals surface area contributed by atoms with Gasteiger partial charge >= 0.3 is 6.18 Å². The van der Waals surface area contributed by atoms with Gasteiger partial charge < -0.3 is 0 Å². The quantitative estimate of drug-likeness (QED) is 0.771. The number of rotatable bonds is 2. The number of pyridine rings is 1. The molecule has 0 bridgehead atoms. The Morgan fingerprint density at radius 2 is 1.95 bits per heavy atom. The van der Waals surface area contributed by atoms with E-state index in [1.807, 2.05) is 0 Å². The van der Waals surface area contributed by atoms with Gasteiger partial charge in [0, 0.05) is 23.5 Å². The van der Waals surface area contributed by atoms with E-state index >= 15 is 0 Å². The van der Waals surface area contributed by atoms with Crippen molar-refractivity contribution in [1.29, 1.82) is 0 Å². The molecule has 0 aliphatic carbocycles. The van der Waals surface area contributed by atoms with Crippen LogP contribution >= 0.6 is 0 Å². The van der Waals surface area contributed by atoms with E-state index in [0.717, 1.165) is 11.6 Å². The first kappa shape index (κ1) is 13.3. The normalized spacial score (nSPS) is 11.4. The highest BCUT2D eigenvalue weighted by Crippen LogP contribution is 2.34. The smallest absolute Gasteiger partial charge is 0.298 e. The molecule has 2 nitrogen and oxygen atoms in total. The lowest BCUT2D eigenvalue weighted by atomic mass is 9.98. The van der Waals surface area contributed by atoms with Gasteiger partial charge in [0.2, 0.25) is 0 Å². The third kappa shape index (κ3) is 2.65. The molecule has 5 heteroatoms. The van der Waals surface area contributed by atoms with Crippen LogP contribution in [0.2, 0.25) is 0 Å². The highest BCUT2D eigenvalue weighted by atomic mass is 19.4. The van der Waals surface area contributed by atoms with Crippen LogP contribution in [0.5, 0.6) is 0 Å². The standard InChI is InChI=1S/C14H10F3NO/c1-9-4-5-18-7-12(9)10-2-3-11(8-19)13(6-10)14(15,16)17/h2-8H,1H3. The number of halogens is 3. The summed E-state index contributed by atoms with van der Waals surface area (Å²) in [6, 6.07) is 5.37. The van der Waals surface area contributed by atoms with E-state index in [4.69, 9.17) is 0 Å². The van der Waals surface area contributed by atoms with Crippen molar-refractivity contribution >= 4 is 6.29 Å². The van der Waals surface area contributed by atoms with Crippen molar-refractivity contribution in [2.45, 2.75) is 13.1 Å². The maximum Gasteiger partial charge on any atom is 0.417 e. The molecule has 0 saturated carbocycles. The minimum atomic E-state index is -4.55. The first-order chi connectivity index (χ1) is 8.93. The summed E-state index contributed by atoms with van der Waals surface area (Å²) < 4.78 is 38.6. The zero-order valence-electron chi connectivity index (χ0n) is 10.0. The molecule has 0 spiro atoms. The van der Waals surface area contributed by atoms with E-state index in [1.54, 1.807) is 19.2 Å². The molecule has 0 N–H and O–H groups in total. The maximum atomic E-state index is 12.9. The molecule has 19 heavy (non-hydrogen) atoms. The van der Waals surface area contributed by atoms with E-state index in [1.165, 1.54) is 18.3 Å². The minimum absolute atomic E-state index is 0.211. The topological polar surface area (TPSA) is 30.0 Å². The van der Waals surface area contributed by atoms with E-state index in [2.05, 4.69) is 4.98 Å². The summed E-state index contributed by atoms with van der Waals surface area (Å²) >= 11 is 0. The first-order valence-corrected chi connectivity index (χ1v) is 5.51. The van der Waals surface area contributed by atoms with Gasteiger partial charge in [-0.1, -0.05) is 12.1 Å². The van der Waals surface area contributed by atoms with Crippen molar-refractivity contribution in [3.63, 3.8) is 0 Å². The lowest BCUT2D eigenvalue weighted by Crippen LogP contribution is -2.09. The monoisotopic (exact) mass is 265 g/mol. The highest BCUT2D eigenvalue weighted by molar-refractivity contribution is 5.80. The molecule has 1 aromatic carbocycles. The fraction of sp³-hybridized carbons (Fsp3) is 0.143. The Labute approximate surface area is 107 Å². The Hall–Kier alpha value is -2.17. The predicted octanol–water partition coefficient (Wildman–Crippen LogP) is 3.89. The van der Waals surface area contributed by atoms with Crippen molar-refractivity contribution in [2.75, 3.05) is 0 Å². The average Bonchev–Trinajstić information content (AvgIpc) is 2.37. The number of hydrogen-bond donors (Lipinski definition) is 0. The van der Waals surface area contributed by atoms with E-state index in [0.29, 0.717) is 11.1 Å². The van der Waals surface area contributed by atoms with Crippen LogP contribution in [-0.2, 0) is 6.18 Å². The molecular formula is C14H10F3NO. The molecule has 0 amide bonds. The maximum absolute atomic E-state index is 12.9. The molecule has 2 rings (SSSR count). The summed E-state index contributed by atoms with van der Waals surface area (Å²) in [7, 11) is 0. The van der Waals surface area contributed by atoms with Gasteiger partial charge in [-0.3, -0.25) is 9.78 Å². The van der Waals surface area contributed by atoms with Crippen LogP contribution in [-0.4, -0.2) is 11.3 Å². The number of aryl methyl sites for hydroxylation is 1. The molecule has 0 aliphatic heterocycles. The van der Waals surface area contributed by atoms with Gasteiger partial charge in [0.1, 0.15) is 0 Å². The summed E-state index contributed by atoms with van der Waals surface area (Å²) in [5.74, 6) is 0. The third-order valence-electron chi connectivity index (χ3n) is 2.84. The molecule has 0 radical (unpaired) electrons. The molecule has 98 valence electrons. The molecule has 2 aromatic rings. The number of hydrogen-bond acceptors (Lipinski definition) is 2. The fourth-order valence-electron chi connectivity index (χ4n) is 1.84. The number of carbonyl (C=O) groups is 1. The van der Waals surface area contributed by atoms with E-state index < -0.39 is 11.7 Å². The van der Waals surface area contributed by atoms with Gasteiger partial charge in [-0.15, -0.1) is 0 Å². The molecule has 0 saturated heterocycles. The van der Waals surface area contributed by atoms with Crippen molar-refractivity contribution in [2.24, 2.45) is 0 Å². The molecule has 0 unspecified atom stereocenters. The Morgan fingerprint density at radius 3 is 2.53 bits per heavy atom. The van der Waals surface area contributed by atoms with Gasteiger partial charge in [-0.2, -0.15) is 13.2 Å². The molecule has 1 aromatic heterocycles. The van der Waals surface area contributed by atoms with E-state index in [-0.39, 0.29) is 11.8 Å². The number of aromatic nitrogens is 1. The van der Waals surface area contributed by atoms with Gasteiger partial charge in [0.25, 0.3) is 0 Å². The Bertz CT molecular complexity index is 620. The number of nitrogens with zero attached hydrogens (tertiary/aromatic N) is 1. The lowest BCUT2D eigenvalue weighted by molar-refractivity contribution is -0.137. The summed E-state index contributed by atoms with van der Waals surface area (Å²) in [6.07, 6.45) is -1.26. The Kier molecular flexibility index (Phi) is 3.38. The van der Waals surface area contributed by atoms with Crippen LogP contribution in [0.15, 0.2) is 36.7 Å². The lowest BCUT2D eigenvalue weighted by Gasteiger charge is -2.12. The highest BCUT2D eigenvalue weighted by Gasteiger charge is 2.33. The van der Waals surface area contributed by atoms with Gasteiger partial charge in [0.15, 0.2) is 6.29 Å². The van der Waals surface area contributed by atoms with Gasteiger partial charge in [0.05, 0.1) is 5.56 Å². The van der Waals surface area contributed by atoms with Crippen LogP contribution in [0.1, 0.15) is 21.5 Å². The third-order valence-corrected chi connectivity index (χ3v) is 2.84. The van der Waals surface area contributed by atoms with Gasteiger partial charge in [-0.05, 0) is 30.2 Å². The van der Waals surface area contributed by atoms with Crippen LogP contribution in [0.3, 0.4) is 0 Å². The SMILES string of the molecule is Cc1ccncc1-c1ccc(C=O)c(C(F)(F)F)c1. The summed E-state index contributed by atoms with van der Waals surface area (Å²) in [5, 5.41) is 0. The Morgan fingerprint density at radius 1 is 1.21 bits per heavy atom. The summed E-state index contributed by atoms with van der Waals surface area (Å²) in [5.41, 5.74) is 0.539. The molecule has 0 aliphatic rings. The second-order valence-electron chi connectivity index (χ2n) is 4.11. The second-order valence-corrected chi connectivity index (χ2v) is 4.11. The Balaban J connectivity index is 2.62. The van der Waals surface area contributed by atoms with Gasteiger partial charge in [-0.25, -0.2) is 0 Å². The van der Waals surface area contributed by atoms with Crippen molar-refractivity contribution < 1.29 is 18.0 Å². The van der Waals surface area contributed by atoms with Crippen molar-refractivity contribution in [3.8, 4) is 11.1 Å². The molecular weight excluding hydrogens is 255 g/mol. The van der Waals surface area contributed by atoms with Crippen LogP contribution < -0.4 is 0 Å². The van der Waals surface area contributed by atoms with E-state index in [9.17, 15) is 18.0 Å². The van der Waals surface area contributed by atoms with Crippen LogP contribution in [0.4, 0.5) is 13.2 Å². The largest absolute Gasteiger partial charge is 0.417 e. The first-order valence-electron chi connectivity index (χ1n) is 5.51. The molecule has 0 atom stereocenters. The number of aldehydes is 1. The van der Waals surface area contributed by atoms with Crippen LogP contribution in [0.25, 0.3) is 11.1 Å².